The lowest BCUT2D eigenvalue weighted by atomic mass is 9.80. The molecule has 0 saturated carbocycles. The molecule has 0 heterocycles. The van der Waals surface area contributed by atoms with Crippen molar-refractivity contribution in [3.63, 3.8) is 0 Å². The van der Waals surface area contributed by atoms with Crippen LogP contribution in [0.1, 0.15) is 55.4 Å². The highest BCUT2D eigenvalue weighted by Gasteiger charge is 2.36. The summed E-state index contributed by atoms with van der Waals surface area (Å²) < 4.78 is 0. The number of aryl methyl sites for hydroxylation is 1. The van der Waals surface area contributed by atoms with E-state index in [-0.39, 0.29) is 5.41 Å². The fourth-order valence-electron chi connectivity index (χ4n) is 9.28. The number of hydrogen-bond acceptors (Lipinski definition) is 0. The minimum atomic E-state index is -0.0739. The van der Waals surface area contributed by atoms with Gasteiger partial charge in [-0.1, -0.05) is 203 Å². The van der Waals surface area contributed by atoms with Crippen LogP contribution in [0.3, 0.4) is 0 Å². The van der Waals surface area contributed by atoms with Gasteiger partial charge in [0.25, 0.3) is 0 Å². The van der Waals surface area contributed by atoms with Crippen molar-refractivity contribution < 1.29 is 0 Å². The lowest BCUT2D eigenvalue weighted by Crippen LogP contribution is -2.15. The molecule has 1 aliphatic carbocycles. The quantitative estimate of drug-likeness (QED) is 0.137. The average Bonchev–Trinajstić information content (AvgIpc) is 3.50. The van der Waals surface area contributed by atoms with Gasteiger partial charge in [0.15, 0.2) is 0 Å². The van der Waals surface area contributed by atoms with Crippen LogP contribution in [0, 0.1) is 0 Å². The summed E-state index contributed by atoms with van der Waals surface area (Å²) in [6.45, 7) is 7.20. The highest BCUT2D eigenvalue weighted by atomic mass is 14.4. The van der Waals surface area contributed by atoms with Gasteiger partial charge in [-0.15, -0.1) is 0 Å². The van der Waals surface area contributed by atoms with Crippen molar-refractivity contribution in [1.82, 2.24) is 0 Å². The molecule has 0 saturated heterocycles. The Labute approximate surface area is 337 Å². The molecule has 0 amide bonds. The summed E-state index contributed by atoms with van der Waals surface area (Å²) in [6, 6.07) is 72.1. The molecular formula is C57H46. The maximum Gasteiger partial charge on any atom is 0.0159 e. The summed E-state index contributed by atoms with van der Waals surface area (Å²) in [6.07, 6.45) is 2.18. The third kappa shape index (κ3) is 6.36. The Bertz CT molecular complexity index is 2890. The second kappa shape index (κ2) is 14.2. The number of benzene rings is 9. The van der Waals surface area contributed by atoms with Gasteiger partial charge in [-0.25, -0.2) is 0 Å². The topological polar surface area (TPSA) is 0 Å². The zero-order valence-corrected chi connectivity index (χ0v) is 33.0. The van der Waals surface area contributed by atoms with Crippen molar-refractivity contribution in [2.24, 2.45) is 0 Å². The molecule has 0 spiro atoms. The zero-order valence-electron chi connectivity index (χ0n) is 33.0. The van der Waals surface area contributed by atoms with Crippen LogP contribution >= 0.6 is 0 Å². The molecule has 0 heteroatoms. The number of rotatable bonds is 8. The van der Waals surface area contributed by atoms with E-state index in [1.807, 2.05) is 0 Å². The first-order valence-corrected chi connectivity index (χ1v) is 20.5. The highest BCUT2D eigenvalue weighted by molar-refractivity contribution is 6.13. The minimum Gasteiger partial charge on any atom is -0.0622 e. The minimum absolute atomic E-state index is 0.0739. The molecule has 0 aliphatic heterocycles. The van der Waals surface area contributed by atoms with Crippen molar-refractivity contribution in [3.8, 4) is 55.6 Å². The second-order valence-corrected chi connectivity index (χ2v) is 16.5. The van der Waals surface area contributed by atoms with Crippen LogP contribution in [0.15, 0.2) is 194 Å². The van der Waals surface area contributed by atoms with Gasteiger partial charge in [0.1, 0.15) is 0 Å². The van der Waals surface area contributed by atoms with Crippen molar-refractivity contribution in [2.75, 3.05) is 0 Å². The van der Waals surface area contributed by atoms with Gasteiger partial charge in [-0.05, 0) is 130 Å². The fourth-order valence-corrected chi connectivity index (χ4v) is 9.28. The predicted octanol–water partition coefficient (Wildman–Crippen LogP) is 15.7. The molecule has 57 heavy (non-hydrogen) atoms. The molecule has 274 valence electrons. The van der Waals surface area contributed by atoms with Crippen LogP contribution in [0.2, 0.25) is 0 Å². The van der Waals surface area contributed by atoms with Crippen LogP contribution in [0.5, 0.6) is 0 Å². The molecule has 0 aromatic heterocycles. The Balaban J connectivity index is 0.842. The van der Waals surface area contributed by atoms with Crippen LogP contribution < -0.4 is 0 Å². The van der Waals surface area contributed by atoms with Crippen molar-refractivity contribution >= 4 is 21.5 Å². The van der Waals surface area contributed by atoms with Crippen LogP contribution in [0.25, 0.3) is 77.2 Å². The third-order valence-electron chi connectivity index (χ3n) is 12.7. The van der Waals surface area contributed by atoms with E-state index in [2.05, 4.69) is 215 Å². The molecule has 1 aliphatic rings. The summed E-state index contributed by atoms with van der Waals surface area (Å²) in [5.74, 6) is 0.466. The molecule has 10 rings (SSSR count). The van der Waals surface area contributed by atoms with Gasteiger partial charge in [0.2, 0.25) is 0 Å². The Morgan fingerprint density at radius 2 is 0.877 bits per heavy atom. The van der Waals surface area contributed by atoms with Crippen LogP contribution in [0.4, 0.5) is 0 Å². The van der Waals surface area contributed by atoms with E-state index >= 15 is 0 Å². The maximum atomic E-state index is 2.50. The lowest BCUT2D eigenvalue weighted by molar-refractivity contribution is 0.648. The van der Waals surface area contributed by atoms with E-state index in [0.717, 1.165) is 12.8 Å². The second-order valence-electron chi connectivity index (χ2n) is 16.5. The van der Waals surface area contributed by atoms with E-state index in [9.17, 15) is 0 Å². The standard InChI is InChI=1S/C57H46/c1-38(17-18-39-19-21-41(22-20-39)43-25-23-42(24-26-43)40-11-5-4-6-12-40)46-31-33-52-53-34-32-47(37-56(53)57(2,3)55(52)36-46)44-27-29-45(30-28-44)54-35-48-13-7-8-14-49(48)50-15-9-10-16-51(50)54/h4-16,19-38H,17-18H2,1-3H3. The summed E-state index contributed by atoms with van der Waals surface area (Å²) in [7, 11) is 0. The Morgan fingerprint density at radius 3 is 1.56 bits per heavy atom. The van der Waals surface area contributed by atoms with Crippen LogP contribution in [-0.2, 0) is 11.8 Å². The summed E-state index contributed by atoms with van der Waals surface area (Å²) in [4.78, 5) is 0. The monoisotopic (exact) mass is 730 g/mol. The van der Waals surface area contributed by atoms with E-state index in [1.165, 1.54) is 99.4 Å². The number of hydrogen-bond donors (Lipinski definition) is 0. The van der Waals surface area contributed by atoms with Gasteiger partial charge in [-0.3, -0.25) is 0 Å². The van der Waals surface area contributed by atoms with Crippen molar-refractivity contribution in [2.45, 2.75) is 44.9 Å². The van der Waals surface area contributed by atoms with E-state index in [4.69, 9.17) is 0 Å². The normalized spacial score (nSPS) is 13.4. The zero-order chi connectivity index (χ0) is 38.5. The summed E-state index contributed by atoms with van der Waals surface area (Å²) in [5.41, 5.74) is 18.4. The third-order valence-corrected chi connectivity index (χ3v) is 12.7. The van der Waals surface area contributed by atoms with E-state index < -0.39 is 0 Å². The summed E-state index contributed by atoms with van der Waals surface area (Å²) >= 11 is 0. The van der Waals surface area contributed by atoms with Gasteiger partial charge in [-0.2, -0.15) is 0 Å². The molecule has 0 N–H and O–H groups in total. The molecule has 0 radical (unpaired) electrons. The van der Waals surface area contributed by atoms with Gasteiger partial charge >= 0.3 is 0 Å². The van der Waals surface area contributed by atoms with Gasteiger partial charge in [0.05, 0.1) is 0 Å². The lowest BCUT2D eigenvalue weighted by Gasteiger charge is -2.23. The highest BCUT2D eigenvalue weighted by Crippen LogP contribution is 2.50. The van der Waals surface area contributed by atoms with E-state index in [1.54, 1.807) is 0 Å². The van der Waals surface area contributed by atoms with E-state index in [0.29, 0.717) is 5.92 Å². The fraction of sp³-hybridized carbons (Fsp3) is 0.123. The maximum absolute atomic E-state index is 2.50. The largest absolute Gasteiger partial charge is 0.0622 e. The van der Waals surface area contributed by atoms with Gasteiger partial charge < -0.3 is 0 Å². The molecule has 9 aromatic rings. The Morgan fingerprint density at radius 1 is 0.386 bits per heavy atom. The average molecular weight is 731 g/mol. The SMILES string of the molecule is CC(CCc1ccc(-c2ccc(-c3ccccc3)cc2)cc1)c1ccc2c(c1)C(C)(C)c1cc(-c3ccc(-c4cc5ccccc5c5ccccc45)cc3)ccc1-2. The predicted molar refractivity (Wildman–Crippen MR) is 244 cm³/mol. The van der Waals surface area contributed by atoms with Gasteiger partial charge in [0, 0.05) is 5.41 Å². The van der Waals surface area contributed by atoms with Crippen molar-refractivity contribution in [1.29, 1.82) is 0 Å². The smallest absolute Gasteiger partial charge is 0.0159 e. The molecule has 0 nitrogen and oxygen atoms in total. The first kappa shape index (κ1) is 35.0. The molecular weight excluding hydrogens is 685 g/mol. The Kier molecular flexibility index (Phi) is 8.72. The first-order valence-electron chi connectivity index (χ1n) is 20.5. The Hall–Kier alpha value is -6.50. The molecule has 0 bridgehead atoms. The summed E-state index contributed by atoms with van der Waals surface area (Å²) in [5, 5.41) is 5.19. The van der Waals surface area contributed by atoms with Crippen LogP contribution in [-0.4, -0.2) is 0 Å². The molecule has 1 unspecified atom stereocenters. The molecule has 1 atom stereocenters. The number of fused-ring (bicyclic) bond motifs is 6. The molecule has 9 aromatic carbocycles. The van der Waals surface area contributed by atoms with Crippen molar-refractivity contribution in [3.05, 3.63) is 216 Å². The molecule has 0 fully saturated rings. The first-order chi connectivity index (χ1) is 27.9.